The zero-order valence-electron chi connectivity index (χ0n) is 13.1. The van der Waals surface area contributed by atoms with Gasteiger partial charge in [-0.15, -0.1) is 0 Å². The molecule has 0 saturated carbocycles. The van der Waals surface area contributed by atoms with Crippen molar-refractivity contribution in [1.29, 1.82) is 0 Å². The second kappa shape index (κ2) is 6.16. The molecule has 1 aromatic heterocycles. The lowest BCUT2D eigenvalue weighted by Crippen LogP contribution is -2.15. The van der Waals surface area contributed by atoms with Crippen LogP contribution in [0.4, 0.5) is 13.2 Å². The van der Waals surface area contributed by atoms with Crippen LogP contribution < -0.4 is 10.2 Å². The molecule has 7 heteroatoms. The molecule has 3 rings (SSSR count). The van der Waals surface area contributed by atoms with E-state index in [4.69, 9.17) is 9.15 Å². The summed E-state index contributed by atoms with van der Waals surface area (Å²) in [6.07, 6.45) is -4.42. The maximum absolute atomic E-state index is 13.4. The lowest BCUT2D eigenvalue weighted by atomic mass is 10.1. The summed E-state index contributed by atoms with van der Waals surface area (Å²) in [4.78, 5) is 12.5. The van der Waals surface area contributed by atoms with Gasteiger partial charge < -0.3 is 14.3 Å². The van der Waals surface area contributed by atoms with Crippen LogP contribution in [0.2, 0.25) is 0 Å². The van der Waals surface area contributed by atoms with Crippen molar-refractivity contribution in [1.82, 2.24) is 0 Å². The molecule has 0 aliphatic carbocycles. The molecule has 0 unspecified atom stereocenters. The number of benzene rings is 2. The first-order valence-corrected chi connectivity index (χ1v) is 7.44. The summed E-state index contributed by atoms with van der Waals surface area (Å²) < 4.78 is 50.3. The Kier molecular flexibility index (Phi) is 4.16. The Hall–Kier alpha value is -2.96. The molecule has 0 aliphatic rings. The van der Waals surface area contributed by atoms with Crippen LogP contribution in [-0.2, 0) is 12.6 Å². The molecule has 25 heavy (non-hydrogen) atoms. The number of fused-ring (bicyclic) bond motifs is 1. The van der Waals surface area contributed by atoms with E-state index in [0.29, 0.717) is 12.0 Å². The Labute approximate surface area is 140 Å². The van der Waals surface area contributed by atoms with Crippen molar-refractivity contribution in [2.45, 2.75) is 19.5 Å². The monoisotopic (exact) mass is 350 g/mol. The van der Waals surface area contributed by atoms with Crippen molar-refractivity contribution in [2.24, 2.45) is 0 Å². The number of ether oxygens (including phenoxy) is 1. The van der Waals surface area contributed by atoms with Crippen LogP contribution in [-0.4, -0.2) is 5.11 Å². The number of alkyl halides is 3. The first kappa shape index (κ1) is 16.9. The highest BCUT2D eigenvalue weighted by Gasteiger charge is 2.40. The lowest BCUT2D eigenvalue weighted by Gasteiger charge is -2.14. The first-order chi connectivity index (χ1) is 11.8. The molecule has 0 bridgehead atoms. The highest BCUT2D eigenvalue weighted by Crippen LogP contribution is 2.39. The third-order valence-corrected chi connectivity index (χ3v) is 3.66. The fraction of sp³-hybridized carbons (Fsp3) is 0.167. The van der Waals surface area contributed by atoms with E-state index in [1.165, 1.54) is 18.2 Å². The molecule has 0 spiro atoms. The van der Waals surface area contributed by atoms with Gasteiger partial charge in [0.15, 0.2) is 0 Å². The number of hydrogen-bond acceptors (Lipinski definition) is 4. The van der Waals surface area contributed by atoms with E-state index in [2.05, 4.69) is 0 Å². The fourth-order valence-electron chi connectivity index (χ4n) is 2.45. The minimum absolute atomic E-state index is 0.116. The van der Waals surface area contributed by atoms with E-state index in [0.717, 1.165) is 6.07 Å². The zero-order valence-corrected chi connectivity index (χ0v) is 13.1. The quantitative estimate of drug-likeness (QED) is 0.732. The molecule has 1 heterocycles. The number of aryl methyl sites for hydroxylation is 1. The van der Waals surface area contributed by atoms with Gasteiger partial charge in [-0.05, 0) is 30.2 Å². The molecular weight excluding hydrogens is 337 g/mol. The van der Waals surface area contributed by atoms with Crippen LogP contribution in [0.15, 0.2) is 51.7 Å². The summed E-state index contributed by atoms with van der Waals surface area (Å²) in [7, 11) is 0. The molecule has 2 aromatic carbocycles. The molecule has 0 fully saturated rings. The van der Waals surface area contributed by atoms with E-state index in [1.807, 2.05) is 6.92 Å². The molecule has 0 radical (unpaired) electrons. The Morgan fingerprint density at radius 3 is 2.56 bits per heavy atom. The third-order valence-electron chi connectivity index (χ3n) is 3.66. The Morgan fingerprint density at radius 2 is 1.88 bits per heavy atom. The molecule has 0 saturated heterocycles. The van der Waals surface area contributed by atoms with Gasteiger partial charge in [-0.1, -0.05) is 25.1 Å². The Morgan fingerprint density at radius 1 is 1.16 bits per heavy atom. The molecule has 0 aliphatic heterocycles. The number of para-hydroxylation sites is 1. The minimum Gasteiger partial charge on any atom is -0.508 e. The summed E-state index contributed by atoms with van der Waals surface area (Å²) in [5, 5.41) is 9.30. The molecule has 3 aromatic rings. The number of aromatic hydroxyl groups is 1. The third kappa shape index (κ3) is 3.17. The van der Waals surface area contributed by atoms with Gasteiger partial charge in [0.25, 0.3) is 5.76 Å². The molecule has 0 atom stereocenters. The van der Waals surface area contributed by atoms with Gasteiger partial charge in [0.1, 0.15) is 17.1 Å². The number of halogens is 3. The van der Waals surface area contributed by atoms with Gasteiger partial charge in [-0.25, -0.2) is 0 Å². The first-order valence-electron chi connectivity index (χ1n) is 7.44. The fourth-order valence-corrected chi connectivity index (χ4v) is 2.45. The molecular formula is C18H13F3O4. The van der Waals surface area contributed by atoms with Crippen LogP contribution in [0.25, 0.3) is 11.0 Å². The summed E-state index contributed by atoms with van der Waals surface area (Å²) in [5.74, 6) is -2.62. The standard InChI is InChI=1S/C18H13F3O4/c1-2-10-5-3-4-6-13(10)24-16-15(23)12-8-7-11(22)9-14(12)25-17(16)18(19,20)21/h3-9,22H,2H2,1H3. The maximum Gasteiger partial charge on any atom is 0.453 e. The highest BCUT2D eigenvalue weighted by molar-refractivity contribution is 5.79. The van der Waals surface area contributed by atoms with Crippen molar-refractivity contribution < 1.29 is 27.4 Å². The van der Waals surface area contributed by atoms with Crippen LogP contribution >= 0.6 is 0 Å². The van der Waals surface area contributed by atoms with Crippen LogP contribution in [0, 0.1) is 0 Å². The van der Waals surface area contributed by atoms with E-state index in [1.54, 1.807) is 18.2 Å². The lowest BCUT2D eigenvalue weighted by molar-refractivity contribution is -0.154. The van der Waals surface area contributed by atoms with Crippen molar-refractivity contribution in [2.75, 3.05) is 0 Å². The SMILES string of the molecule is CCc1ccccc1Oc1c(C(F)(F)F)oc2cc(O)ccc2c1=O. The summed E-state index contributed by atoms with van der Waals surface area (Å²) in [5.41, 5.74) is -0.672. The maximum atomic E-state index is 13.4. The second-order valence-corrected chi connectivity index (χ2v) is 5.33. The van der Waals surface area contributed by atoms with Gasteiger partial charge in [0.2, 0.25) is 11.2 Å². The topological polar surface area (TPSA) is 59.7 Å². The summed E-state index contributed by atoms with van der Waals surface area (Å²) in [6.45, 7) is 1.82. The van der Waals surface area contributed by atoms with E-state index >= 15 is 0 Å². The largest absolute Gasteiger partial charge is 0.508 e. The number of rotatable bonds is 3. The van der Waals surface area contributed by atoms with Crippen LogP contribution in [0.1, 0.15) is 18.2 Å². The van der Waals surface area contributed by atoms with Crippen molar-refractivity contribution >= 4 is 11.0 Å². The van der Waals surface area contributed by atoms with E-state index in [9.17, 15) is 23.1 Å². The number of hydrogen-bond donors (Lipinski definition) is 1. The normalized spacial score (nSPS) is 11.7. The Bertz CT molecular complexity index is 990. The van der Waals surface area contributed by atoms with Gasteiger partial charge >= 0.3 is 6.18 Å². The van der Waals surface area contributed by atoms with Gasteiger partial charge in [0.05, 0.1) is 5.39 Å². The van der Waals surface area contributed by atoms with Crippen LogP contribution in [0.5, 0.6) is 17.2 Å². The average molecular weight is 350 g/mol. The summed E-state index contributed by atoms with van der Waals surface area (Å²) >= 11 is 0. The molecule has 1 N–H and O–H groups in total. The van der Waals surface area contributed by atoms with Crippen molar-refractivity contribution in [3.8, 4) is 17.2 Å². The van der Waals surface area contributed by atoms with Crippen molar-refractivity contribution in [3.63, 3.8) is 0 Å². The summed E-state index contributed by atoms with van der Waals surface area (Å²) in [6, 6.07) is 9.84. The smallest absolute Gasteiger partial charge is 0.453 e. The molecule has 4 nitrogen and oxygen atoms in total. The number of phenols is 1. The van der Waals surface area contributed by atoms with Crippen molar-refractivity contribution in [3.05, 3.63) is 64.0 Å². The average Bonchev–Trinajstić information content (AvgIpc) is 2.56. The van der Waals surface area contributed by atoms with Gasteiger partial charge in [0, 0.05) is 6.07 Å². The minimum atomic E-state index is -4.94. The zero-order chi connectivity index (χ0) is 18.2. The molecule has 0 amide bonds. The van der Waals surface area contributed by atoms with E-state index < -0.39 is 23.1 Å². The van der Waals surface area contributed by atoms with Gasteiger partial charge in [-0.2, -0.15) is 13.2 Å². The molecule has 130 valence electrons. The predicted octanol–water partition coefficient (Wildman–Crippen LogP) is 4.87. The number of phenolic OH excluding ortho intramolecular Hbond substituents is 1. The second-order valence-electron chi connectivity index (χ2n) is 5.33. The van der Waals surface area contributed by atoms with E-state index in [-0.39, 0.29) is 22.5 Å². The predicted molar refractivity (Wildman–Crippen MR) is 85.0 cm³/mol. The Balaban J connectivity index is 2.27. The van der Waals surface area contributed by atoms with Gasteiger partial charge in [-0.3, -0.25) is 4.79 Å². The van der Waals surface area contributed by atoms with Crippen LogP contribution in [0.3, 0.4) is 0 Å². The highest BCUT2D eigenvalue weighted by atomic mass is 19.4.